The van der Waals surface area contributed by atoms with Crippen molar-refractivity contribution in [3.63, 3.8) is 0 Å². The maximum atomic E-state index is 12.5. The van der Waals surface area contributed by atoms with E-state index in [1.54, 1.807) is 0 Å². The third kappa shape index (κ3) is 2.92. The van der Waals surface area contributed by atoms with Crippen molar-refractivity contribution < 1.29 is 31.4 Å². The highest BCUT2D eigenvalue weighted by Crippen LogP contribution is 2.38. The van der Waals surface area contributed by atoms with E-state index in [2.05, 4.69) is 0 Å². The van der Waals surface area contributed by atoms with Gasteiger partial charge in [0.25, 0.3) is 0 Å². The van der Waals surface area contributed by atoms with E-state index in [-0.39, 0.29) is 6.07 Å². The lowest BCUT2D eigenvalue weighted by molar-refractivity contribution is -0.143. The van der Waals surface area contributed by atoms with Gasteiger partial charge in [-0.1, -0.05) is 6.07 Å². The summed E-state index contributed by atoms with van der Waals surface area (Å²) in [6.45, 7) is 0. The fourth-order valence-electron chi connectivity index (χ4n) is 1.29. The summed E-state index contributed by atoms with van der Waals surface area (Å²) in [4.78, 5) is 0. The molecule has 0 fully saturated rings. The van der Waals surface area contributed by atoms with Crippen molar-refractivity contribution in [3.8, 4) is 6.07 Å². The summed E-state index contributed by atoms with van der Waals surface area (Å²) < 4.78 is 74.4. The summed E-state index contributed by atoms with van der Waals surface area (Å²) >= 11 is 0. The second kappa shape index (κ2) is 4.49. The molecule has 8 heteroatoms. The van der Waals surface area contributed by atoms with Gasteiger partial charge in [-0.3, -0.25) is 0 Å². The molecule has 0 aliphatic carbocycles. The van der Waals surface area contributed by atoms with Crippen LogP contribution in [0, 0.1) is 11.3 Å². The minimum atomic E-state index is -5.09. The zero-order valence-electron chi connectivity index (χ0n) is 8.47. The lowest BCUT2D eigenvalue weighted by Crippen LogP contribution is -2.14. The lowest BCUT2D eigenvalue weighted by atomic mass is 9.99. The predicted octanol–water partition coefficient (Wildman–Crippen LogP) is 3.28. The Morgan fingerprint density at radius 3 is 2.00 bits per heavy atom. The monoisotopic (exact) mass is 269 g/mol. The predicted molar refractivity (Wildman–Crippen MR) is 47.0 cm³/mol. The Morgan fingerprint density at radius 1 is 1.06 bits per heavy atom. The average molecular weight is 269 g/mol. The van der Waals surface area contributed by atoms with Crippen molar-refractivity contribution in [1.29, 1.82) is 5.26 Å². The molecule has 0 amide bonds. The maximum Gasteiger partial charge on any atom is 0.416 e. The van der Waals surface area contributed by atoms with Gasteiger partial charge in [-0.2, -0.15) is 31.6 Å². The van der Waals surface area contributed by atoms with E-state index in [0.717, 1.165) is 6.07 Å². The van der Waals surface area contributed by atoms with E-state index in [9.17, 15) is 26.3 Å². The van der Waals surface area contributed by atoms with Crippen LogP contribution >= 0.6 is 0 Å². The molecule has 1 aromatic rings. The van der Waals surface area contributed by atoms with Gasteiger partial charge in [0.15, 0.2) is 6.10 Å². The Balaban J connectivity index is 3.46. The summed E-state index contributed by atoms with van der Waals surface area (Å²) in [5.41, 5.74) is -4.08. The minimum absolute atomic E-state index is 0.129. The summed E-state index contributed by atoms with van der Waals surface area (Å²) in [6.07, 6.45) is -12.2. The molecule has 0 aromatic heterocycles. The average Bonchev–Trinajstić information content (AvgIpc) is 2.24. The van der Waals surface area contributed by atoms with Crippen LogP contribution in [-0.4, -0.2) is 5.11 Å². The Morgan fingerprint density at radius 2 is 1.61 bits per heavy atom. The lowest BCUT2D eigenvalue weighted by Gasteiger charge is -2.16. The number of aliphatic hydroxyl groups is 1. The molecule has 0 heterocycles. The molecule has 0 saturated carbocycles. The van der Waals surface area contributed by atoms with Gasteiger partial charge in [0, 0.05) is 5.56 Å². The summed E-state index contributed by atoms with van der Waals surface area (Å²) in [5, 5.41) is 17.3. The molecular weight excluding hydrogens is 264 g/mol. The van der Waals surface area contributed by atoms with Crippen molar-refractivity contribution >= 4 is 0 Å². The van der Waals surface area contributed by atoms with E-state index < -0.39 is 35.1 Å². The first-order chi connectivity index (χ1) is 8.07. The minimum Gasteiger partial charge on any atom is -0.374 e. The van der Waals surface area contributed by atoms with Crippen LogP contribution < -0.4 is 0 Å². The van der Waals surface area contributed by atoms with Gasteiger partial charge in [-0.15, -0.1) is 0 Å². The van der Waals surface area contributed by atoms with Crippen molar-refractivity contribution in [3.05, 3.63) is 34.9 Å². The Hall–Kier alpha value is -1.75. The van der Waals surface area contributed by atoms with Crippen LogP contribution in [0.2, 0.25) is 0 Å². The molecule has 1 N–H and O–H groups in total. The first-order valence-electron chi connectivity index (χ1n) is 4.43. The Labute approximate surface area is 97.1 Å². The molecule has 0 saturated heterocycles. The number of hydrogen-bond donors (Lipinski definition) is 1. The standard InChI is InChI=1S/C10H5F6NO/c11-9(12,13)5-1-2-6(8(18)4-17)7(3-5)10(14,15)16/h1-3,8,18H. The van der Waals surface area contributed by atoms with Crippen LogP contribution in [0.25, 0.3) is 0 Å². The quantitative estimate of drug-likeness (QED) is 0.628. The number of nitrogens with zero attached hydrogens (tertiary/aromatic N) is 1. The summed E-state index contributed by atoms with van der Waals surface area (Å²) in [5.74, 6) is 0. The molecule has 1 atom stereocenters. The molecule has 0 bridgehead atoms. The normalized spacial score (nSPS) is 14.1. The molecule has 1 rings (SSSR count). The van der Waals surface area contributed by atoms with Crippen LogP contribution in [-0.2, 0) is 12.4 Å². The highest BCUT2D eigenvalue weighted by Gasteiger charge is 2.39. The Kier molecular flexibility index (Phi) is 3.57. The molecule has 2 nitrogen and oxygen atoms in total. The van der Waals surface area contributed by atoms with Gasteiger partial charge in [0.2, 0.25) is 0 Å². The zero-order chi connectivity index (χ0) is 14.1. The molecular formula is C10H5F6NO. The first-order valence-corrected chi connectivity index (χ1v) is 4.43. The topological polar surface area (TPSA) is 44.0 Å². The molecule has 0 aliphatic rings. The highest BCUT2D eigenvalue weighted by molar-refractivity contribution is 5.38. The number of alkyl halides is 6. The largest absolute Gasteiger partial charge is 0.416 e. The number of benzene rings is 1. The molecule has 0 radical (unpaired) electrons. The zero-order valence-corrected chi connectivity index (χ0v) is 8.47. The molecule has 98 valence electrons. The molecule has 0 aliphatic heterocycles. The van der Waals surface area contributed by atoms with Gasteiger partial charge >= 0.3 is 12.4 Å². The van der Waals surface area contributed by atoms with Crippen molar-refractivity contribution in [2.24, 2.45) is 0 Å². The van der Waals surface area contributed by atoms with Crippen LogP contribution in [0.5, 0.6) is 0 Å². The maximum absolute atomic E-state index is 12.5. The smallest absolute Gasteiger partial charge is 0.374 e. The van der Waals surface area contributed by atoms with E-state index >= 15 is 0 Å². The van der Waals surface area contributed by atoms with Gasteiger partial charge in [-0.05, 0) is 12.1 Å². The van der Waals surface area contributed by atoms with Crippen LogP contribution in [0.1, 0.15) is 22.8 Å². The first kappa shape index (κ1) is 14.3. The second-order valence-corrected chi connectivity index (χ2v) is 3.33. The SMILES string of the molecule is N#CC(O)c1ccc(C(F)(F)F)cc1C(F)(F)F. The van der Waals surface area contributed by atoms with Gasteiger partial charge < -0.3 is 5.11 Å². The highest BCUT2D eigenvalue weighted by atomic mass is 19.4. The van der Waals surface area contributed by atoms with Crippen LogP contribution in [0.15, 0.2) is 18.2 Å². The third-order valence-electron chi connectivity index (χ3n) is 2.10. The van der Waals surface area contributed by atoms with Crippen molar-refractivity contribution in [2.45, 2.75) is 18.5 Å². The Bertz CT molecular complexity index is 485. The number of halogens is 6. The van der Waals surface area contributed by atoms with Gasteiger partial charge in [-0.25, -0.2) is 0 Å². The van der Waals surface area contributed by atoms with Gasteiger partial charge in [0.05, 0.1) is 17.2 Å². The van der Waals surface area contributed by atoms with Crippen LogP contribution in [0.4, 0.5) is 26.3 Å². The fourth-order valence-corrected chi connectivity index (χ4v) is 1.29. The third-order valence-corrected chi connectivity index (χ3v) is 2.10. The fraction of sp³-hybridized carbons (Fsp3) is 0.300. The van der Waals surface area contributed by atoms with E-state index in [1.165, 1.54) is 0 Å². The van der Waals surface area contributed by atoms with E-state index in [1.807, 2.05) is 0 Å². The number of rotatable bonds is 1. The number of nitriles is 1. The molecule has 0 spiro atoms. The molecule has 1 unspecified atom stereocenters. The number of aliphatic hydroxyl groups excluding tert-OH is 1. The number of hydrogen-bond acceptors (Lipinski definition) is 2. The van der Waals surface area contributed by atoms with Crippen molar-refractivity contribution in [1.82, 2.24) is 0 Å². The van der Waals surface area contributed by atoms with Crippen LogP contribution in [0.3, 0.4) is 0 Å². The van der Waals surface area contributed by atoms with E-state index in [4.69, 9.17) is 10.4 Å². The van der Waals surface area contributed by atoms with Crippen molar-refractivity contribution in [2.75, 3.05) is 0 Å². The summed E-state index contributed by atoms with van der Waals surface area (Å²) in [7, 11) is 0. The van der Waals surface area contributed by atoms with Gasteiger partial charge in [0.1, 0.15) is 0 Å². The second-order valence-electron chi connectivity index (χ2n) is 3.33. The molecule has 1 aromatic carbocycles. The molecule has 18 heavy (non-hydrogen) atoms. The summed E-state index contributed by atoms with van der Waals surface area (Å²) in [6, 6.07) is 1.82. The van der Waals surface area contributed by atoms with E-state index in [0.29, 0.717) is 12.1 Å².